The minimum Gasteiger partial charge on any atom is -0.352 e. The molecule has 0 saturated carbocycles. The zero-order chi connectivity index (χ0) is 24.0. The van der Waals surface area contributed by atoms with E-state index < -0.39 is 0 Å². The van der Waals surface area contributed by atoms with Crippen molar-refractivity contribution in [2.75, 3.05) is 16.8 Å². The number of nitrogens with zero attached hydrogens (tertiary/aromatic N) is 7. The van der Waals surface area contributed by atoms with Crippen LogP contribution >= 0.6 is 0 Å². The minimum atomic E-state index is 0.599. The molecule has 0 atom stereocenters. The summed E-state index contributed by atoms with van der Waals surface area (Å²) < 4.78 is 1.77. The van der Waals surface area contributed by atoms with Gasteiger partial charge in [0.15, 0.2) is 11.6 Å². The van der Waals surface area contributed by atoms with E-state index in [0.717, 1.165) is 53.7 Å². The van der Waals surface area contributed by atoms with Gasteiger partial charge in [-0.25, -0.2) is 10.1 Å². The zero-order valence-electron chi connectivity index (χ0n) is 19.8. The Balaban J connectivity index is 1.60. The lowest BCUT2D eigenvalue weighted by atomic mass is 10.0. The molecule has 0 aliphatic heterocycles. The lowest BCUT2D eigenvalue weighted by Crippen LogP contribution is -2.24. The van der Waals surface area contributed by atoms with Crippen molar-refractivity contribution in [2.45, 2.75) is 19.9 Å². The van der Waals surface area contributed by atoms with Gasteiger partial charge >= 0.3 is 0 Å². The van der Waals surface area contributed by atoms with Crippen LogP contribution in [0.4, 0.5) is 17.3 Å². The molecule has 0 amide bonds. The van der Waals surface area contributed by atoms with Crippen LogP contribution in [0, 0.1) is 0 Å². The smallest absolute Gasteiger partial charge is 0.180 e. The van der Waals surface area contributed by atoms with Gasteiger partial charge < -0.3 is 10.2 Å². The fourth-order valence-electron chi connectivity index (χ4n) is 4.05. The molecule has 9 nitrogen and oxygen atoms in total. The van der Waals surface area contributed by atoms with E-state index in [2.05, 4.69) is 73.2 Å². The van der Waals surface area contributed by atoms with Crippen LogP contribution < -0.4 is 10.2 Å². The van der Waals surface area contributed by atoms with E-state index in [1.54, 1.807) is 4.68 Å². The van der Waals surface area contributed by atoms with Crippen LogP contribution in [-0.4, -0.2) is 41.9 Å². The van der Waals surface area contributed by atoms with Crippen LogP contribution in [0.3, 0.4) is 0 Å². The molecular formula is C26H27N9. The standard InChI is InChI=1S/C26H27N9/c1-3-14-35(18-19-9-5-4-6-10-19)25-17-20(27-24-13-15-34(2)31-24)16-23(28-25)21-11-7-8-12-22(21)26-29-32-33-30-26/h4-13,15-17H,3,14,18H2,1-2H3,(H,27,28,31)(H,29,30,32,33). The summed E-state index contributed by atoms with van der Waals surface area (Å²) in [5.74, 6) is 2.26. The Morgan fingerprint density at radius 2 is 1.77 bits per heavy atom. The van der Waals surface area contributed by atoms with Crippen molar-refractivity contribution in [3.05, 3.63) is 84.6 Å². The number of H-pyrrole nitrogens is 1. The second-order valence-electron chi connectivity index (χ2n) is 8.30. The van der Waals surface area contributed by atoms with Gasteiger partial charge in [0, 0.05) is 55.3 Å². The number of anilines is 3. The van der Waals surface area contributed by atoms with Crippen molar-refractivity contribution in [3.8, 4) is 22.6 Å². The molecule has 5 aromatic rings. The Bertz CT molecular complexity index is 1380. The first-order valence-electron chi connectivity index (χ1n) is 11.6. The summed E-state index contributed by atoms with van der Waals surface area (Å²) in [6.45, 7) is 3.82. The molecular weight excluding hydrogens is 438 g/mol. The van der Waals surface area contributed by atoms with E-state index in [-0.39, 0.29) is 0 Å². The summed E-state index contributed by atoms with van der Waals surface area (Å²) in [6.07, 6.45) is 2.92. The number of benzene rings is 2. The molecule has 0 bridgehead atoms. The number of aromatic nitrogens is 7. The molecule has 0 fully saturated rings. The van der Waals surface area contributed by atoms with Gasteiger partial charge in [-0.3, -0.25) is 4.68 Å². The number of nitrogens with one attached hydrogen (secondary N) is 2. The van der Waals surface area contributed by atoms with E-state index >= 15 is 0 Å². The molecule has 176 valence electrons. The fraction of sp³-hybridized carbons (Fsp3) is 0.192. The fourth-order valence-corrected chi connectivity index (χ4v) is 4.05. The third-order valence-corrected chi connectivity index (χ3v) is 5.64. The lowest BCUT2D eigenvalue weighted by molar-refractivity contribution is 0.755. The van der Waals surface area contributed by atoms with Crippen molar-refractivity contribution >= 4 is 17.3 Å². The number of tetrazole rings is 1. The van der Waals surface area contributed by atoms with Crippen molar-refractivity contribution in [2.24, 2.45) is 7.05 Å². The highest BCUT2D eigenvalue weighted by Crippen LogP contribution is 2.33. The van der Waals surface area contributed by atoms with Crippen molar-refractivity contribution < 1.29 is 0 Å². The number of hydrogen-bond acceptors (Lipinski definition) is 7. The highest BCUT2D eigenvalue weighted by Gasteiger charge is 2.16. The van der Waals surface area contributed by atoms with Crippen molar-refractivity contribution in [3.63, 3.8) is 0 Å². The van der Waals surface area contributed by atoms with Gasteiger partial charge in [-0.05, 0) is 28.5 Å². The molecule has 2 aromatic carbocycles. The van der Waals surface area contributed by atoms with Crippen molar-refractivity contribution in [1.82, 2.24) is 35.4 Å². The summed E-state index contributed by atoms with van der Waals surface area (Å²) in [4.78, 5) is 7.42. The van der Waals surface area contributed by atoms with E-state index in [1.807, 2.05) is 55.7 Å². The van der Waals surface area contributed by atoms with Gasteiger partial charge in [0.2, 0.25) is 0 Å². The second-order valence-corrected chi connectivity index (χ2v) is 8.30. The number of aromatic amines is 1. The summed E-state index contributed by atoms with van der Waals surface area (Å²) in [5.41, 5.74) is 4.79. The molecule has 9 heteroatoms. The van der Waals surface area contributed by atoms with E-state index in [0.29, 0.717) is 5.82 Å². The highest BCUT2D eigenvalue weighted by atomic mass is 15.5. The van der Waals surface area contributed by atoms with Crippen LogP contribution in [0.1, 0.15) is 18.9 Å². The predicted octanol–water partition coefficient (Wildman–Crippen LogP) is 4.82. The highest BCUT2D eigenvalue weighted by molar-refractivity contribution is 5.81. The molecule has 0 spiro atoms. The average Bonchev–Trinajstić information content (AvgIpc) is 3.56. The molecule has 5 rings (SSSR count). The predicted molar refractivity (Wildman–Crippen MR) is 137 cm³/mol. The number of aryl methyl sites for hydroxylation is 1. The molecule has 0 radical (unpaired) electrons. The molecule has 0 saturated heterocycles. The molecule has 0 unspecified atom stereocenters. The Labute approximate surface area is 203 Å². The Hall–Kier alpha value is -4.53. The average molecular weight is 466 g/mol. The maximum absolute atomic E-state index is 5.11. The van der Waals surface area contributed by atoms with Gasteiger partial charge in [0.05, 0.1) is 5.69 Å². The molecule has 3 heterocycles. The normalized spacial score (nSPS) is 10.9. The van der Waals surface area contributed by atoms with Crippen LogP contribution in [0.2, 0.25) is 0 Å². The van der Waals surface area contributed by atoms with Gasteiger partial charge in [-0.2, -0.15) is 5.10 Å². The monoisotopic (exact) mass is 465 g/mol. The minimum absolute atomic E-state index is 0.599. The summed E-state index contributed by atoms with van der Waals surface area (Å²) >= 11 is 0. The largest absolute Gasteiger partial charge is 0.352 e. The van der Waals surface area contributed by atoms with Gasteiger partial charge in [-0.1, -0.05) is 61.5 Å². The Kier molecular flexibility index (Phi) is 6.47. The summed E-state index contributed by atoms with van der Waals surface area (Å²) in [7, 11) is 1.90. The molecule has 0 aliphatic rings. The number of pyridine rings is 1. The quantitative estimate of drug-likeness (QED) is 0.322. The van der Waals surface area contributed by atoms with Gasteiger partial charge in [0.25, 0.3) is 0 Å². The van der Waals surface area contributed by atoms with E-state index in [4.69, 9.17) is 4.98 Å². The summed E-state index contributed by atoms with van der Waals surface area (Å²) in [5, 5.41) is 22.4. The SMILES string of the molecule is CCCN(Cc1ccccc1)c1cc(Nc2ccn(C)n2)cc(-c2ccccc2-c2nnn[nH]2)n1. The first kappa shape index (κ1) is 22.3. The van der Waals surface area contributed by atoms with E-state index in [1.165, 1.54) is 5.56 Å². The van der Waals surface area contributed by atoms with E-state index in [9.17, 15) is 0 Å². The maximum atomic E-state index is 5.11. The number of hydrogen-bond donors (Lipinski definition) is 2. The van der Waals surface area contributed by atoms with Crippen LogP contribution in [0.15, 0.2) is 79.0 Å². The first-order chi connectivity index (χ1) is 17.2. The van der Waals surface area contributed by atoms with Crippen LogP contribution in [0.25, 0.3) is 22.6 Å². The molecule has 0 aliphatic carbocycles. The summed E-state index contributed by atoms with van der Waals surface area (Å²) in [6, 6.07) is 24.5. The van der Waals surface area contributed by atoms with Crippen molar-refractivity contribution in [1.29, 1.82) is 0 Å². The molecule has 3 aromatic heterocycles. The van der Waals surface area contributed by atoms with Crippen LogP contribution in [-0.2, 0) is 13.6 Å². The second kappa shape index (κ2) is 10.2. The maximum Gasteiger partial charge on any atom is 0.180 e. The van der Waals surface area contributed by atoms with Gasteiger partial charge in [0.1, 0.15) is 5.82 Å². The lowest BCUT2D eigenvalue weighted by Gasteiger charge is -2.25. The number of rotatable bonds is 9. The first-order valence-corrected chi connectivity index (χ1v) is 11.6. The molecule has 2 N–H and O–H groups in total. The Morgan fingerprint density at radius 1 is 0.971 bits per heavy atom. The topological polar surface area (TPSA) is 100 Å². The van der Waals surface area contributed by atoms with Gasteiger partial charge in [-0.15, -0.1) is 5.10 Å². The third-order valence-electron chi connectivity index (χ3n) is 5.64. The Morgan fingerprint density at radius 3 is 2.49 bits per heavy atom. The van der Waals surface area contributed by atoms with Crippen LogP contribution in [0.5, 0.6) is 0 Å². The molecule has 35 heavy (non-hydrogen) atoms. The third kappa shape index (κ3) is 5.19. The zero-order valence-corrected chi connectivity index (χ0v) is 19.8.